The highest BCUT2D eigenvalue weighted by Gasteiger charge is 2.11. The molecule has 0 bridgehead atoms. The highest BCUT2D eigenvalue weighted by molar-refractivity contribution is 7.07. The Morgan fingerprint density at radius 3 is 3.00 bits per heavy atom. The lowest BCUT2D eigenvalue weighted by Crippen LogP contribution is -2.23. The first-order chi connectivity index (χ1) is 8.56. The van der Waals surface area contributed by atoms with Gasteiger partial charge < -0.3 is 10.3 Å². The maximum absolute atomic E-state index is 11.8. The Morgan fingerprint density at radius 1 is 1.61 bits per heavy atom. The third-order valence-corrected chi connectivity index (χ3v) is 3.28. The lowest BCUT2D eigenvalue weighted by molar-refractivity contribution is 0.0950. The molecular weight excluding hydrogens is 274 g/mol. The number of H-pyrrole nitrogens is 1. The van der Waals surface area contributed by atoms with Crippen molar-refractivity contribution >= 4 is 28.8 Å². The van der Waals surface area contributed by atoms with Gasteiger partial charge in [-0.2, -0.15) is 0 Å². The number of aromatic nitrogens is 2. The third kappa shape index (κ3) is 2.96. The van der Waals surface area contributed by atoms with E-state index in [1.165, 1.54) is 6.20 Å². The van der Waals surface area contributed by atoms with E-state index in [1.807, 2.05) is 0 Å². The SMILES string of the molecule is Cc1cc(Cl)c(C(=O)NCc2csc(=O)[nH]2)cn1. The van der Waals surface area contributed by atoms with Gasteiger partial charge in [0.15, 0.2) is 0 Å². The number of hydrogen-bond acceptors (Lipinski definition) is 4. The standard InChI is InChI=1S/C11H10ClN3O2S/c1-6-2-9(12)8(4-13-6)10(16)14-3-7-5-18-11(17)15-7/h2,4-5H,3H2,1H3,(H,14,16)(H,15,17). The number of halogens is 1. The molecule has 0 aromatic carbocycles. The van der Waals surface area contributed by atoms with E-state index in [0.717, 1.165) is 17.0 Å². The molecule has 0 unspecified atom stereocenters. The van der Waals surface area contributed by atoms with E-state index in [0.29, 0.717) is 16.3 Å². The van der Waals surface area contributed by atoms with E-state index in [2.05, 4.69) is 15.3 Å². The second-order valence-corrected chi connectivity index (χ2v) is 4.91. The van der Waals surface area contributed by atoms with Crippen LogP contribution in [0.15, 0.2) is 22.4 Å². The number of rotatable bonds is 3. The summed E-state index contributed by atoms with van der Waals surface area (Å²) >= 11 is 7.01. The molecule has 0 aliphatic heterocycles. The van der Waals surface area contributed by atoms with Crippen LogP contribution in [0.3, 0.4) is 0 Å². The first kappa shape index (κ1) is 12.8. The van der Waals surface area contributed by atoms with Crippen LogP contribution in [0.2, 0.25) is 5.02 Å². The highest BCUT2D eigenvalue weighted by atomic mass is 35.5. The molecule has 0 aliphatic carbocycles. The van der Waals surface area contributed by atoms with Crippen molar-refractivity contribution in [2.24, 2.45) is 0 Å². The van der Waals surface area contributed by atoms with E-state index < -0.39 is 0 Å². The zero-order chi connectivity index (χ0) is 13.1. The number of aryl methyl sites for hydroxylation is 1. The van der Waals surface area contributed by atoms with Crippen LogP contribution in [0.4, 0.5) is 0 Å². The Bertz CT molecular complexity index is 635. The van der Waals surface area contributed by atoms with Crippen LogP contribution in [0, 0.1) is 6.92 Å². The fraction of sp³-hybridized carbons (Fsp3) is 0.182. The minimum atomic E-state index is -0.320. The summed E-state index contributed by atoms with van der Waals surface area (Å²) in [6, 6.07) is 1.63. The molecule has 2 aromatic rings. The maximum Gasteiger partial charge on any atom is 0.304 e. The summed E-state index contributed by atoms with van der Waals surface area (Å²) in [7, 11) is 0. The molecule has 1 amide bonds. The first-order valence-corrected chi connectivity index (χ1v) is 6.39. The lowest BCUT2D eigenvalue weighted by atomic mass is 10.2. The number of carbonyl (C=O) groups excluding carboxylic acids is 1. The minimum absolute atomic E-state index is 0.144. The Hall–Kier alpha value is -1.66. The summed E-state index contributed by atoms with van der Waals surface area (Å²) in [6.07, 6.45) is 1.43. The van der Waals surface area contributed by atoms with Crippen molar-refractivity contribution in [3.05, 3.63) is 49.3 Å². The van der Waals surface area contributed by atoms with E-state index in [4.69, 9.17) is 11.6 Å². The zero-order valence-electron chi connectivity index (χ0n) is 9.49. The minimum Gasteiger partial charge on any atom is -0.346 e. The molecule has 0 fully saturated rings. The monoisotopic (exact) mass is 283 g/mol. The number of aromatic amines is 1. The number of pyridine rings is 1. The van der Waals surface area contributed by atoms with Crippen LogP contribution in [0.1, 0.15) is 21.7 Å². The van der Waals surface area contributed by atoms with Gasteiger partial charge in [0.1, 0.15) is 0 Å². The summed E-state index contributed by atoms with van der Waals surface area (Å²) < 4.78 is 0. The van der Waals surface area contributed by atoms with Gasteiger partial charge in [-0.15, -0.1) is 0 Å². The molecule has 2 N–H and O–H groups in total. The van der Waals surface area contributed by atoms with Gasteiger partial charge in [-0.05, 0) is 13.0 Å². The number of nitrogens with zero attached hydrogens (tertiary/aromatic N) is 1. The molecule has 0 radical (unpaired) electrons. The second-order valence-electron chi connectivity index (χ2n) is 3.66. The fourth-order valence-electron chi connectivity index (χ4n) is 1.36. The fourth-order valence-corrected chi connectivity index (χ4v) is 2.24. The average molecular weight is 284 g/mol. The van der Waals surface area contributed by atoms with Gasteiger partial charge in [0.25, 0.3) is 5.91 Å². The predicted octanol–water partition coefficient (Wildman–Crippen LogP) is 1.72. The molecular formula is C11H10ClN3O2S. The van der Waals surface area contributed by atoms with Crippen molar-refractivity contribution in [1.82, 2.24) is 15.3 Å². The van der Waals surface area contributed by atoms with Crippen LogP contribution in [0.25, 0.3) is 0 Å². The van der Waals surface area contributed by atoms with Crippen molar-refractivity contribution in [3.63, 3.8) is 0 Å². The summed E-state index contributed by atoms with van der Waals surface area (Å²) in [4.78, 5) is 29.2. The summed E-state index contributed by atoms with van der Waals surface area (Å²) in [6.45, 7) is 2.05. The van der Waals surface area contributed by atoms with Crippen molar-refractivity contribution in [3.8, 4) is 0 Å². The van der Waals surface area contributed by atoms with Gasteiger partial charge >= 0.3 is 4.87 Å². The Balaban J connectivity index is 2.06. The van der Waals surface area contributed by atoms with Crippen LogP contribution < -0.4 is 10.2 Å². The Morgan fingerprint density at radius 2 is 2.39 bits per heavy atom. The van der Waals surface area contributed by atoms with Crippen LogP contribution >= 0.6 is 22.9 Å². The highest BCUT2D eigenvalue weighted by Crippen LogP contribution is 2.15. The van der Waals surface area contributed by atoms with Gasteiger partial charge in [0, 0.05) is 23.0 Å². The molecule has 5 nitrogen and oxygen atoms in total. The zero-order valence-corrected chi connectivity index (χ0v) is 11.1. The number of carbonyl (C=O) groups is 1. The lowest BCUT2D eigenvalue weighted by Gasteiger charge is -2.05. The van der Waals surface area contributed by atoms with Crippen molar-refractivity contribution in [2.45, 2.75) is 13.5 Å². The molecule has 0 spiro atoms. The quantitative estimate of drug-likeness (QED) is 0.901. The van der Waals surface area contributed by atoms with E-state index >= 15 is 0 Å². The molecule has 2 aromatic heterocycles. The van der Waals surface area contributed by atoms with Gasteiger partial charge in [-0.1, -0.05) is 22.9 Å². The van der Waals surface area contributed by atoms with Crippen LogP contribution in [-0.4, -0.2) is 15.9 Å². The number of nitrogens with one attached hydrogen (secondary N) is 2. The van der Waals surface area contributed by atoms with E-state index in [9.17, 15) is 9.59 Å². The predicted molar refractivity (Wildman–Crippen MR) is 70.1 cm³/mol. The van der Waals surface area contributed by atoms with Crippen LogP contribution in [0.5, 0.6) is 0 Å². The van der Waals surface area contributed by atoms with Gasteiger partial charge in [0.2, 0.25) is 0 Å². The van der Waals surface area contributed by atoms with Crippen molar-refractivity contribution < 1.29 is 4.79 Å². The van der Waals surface area contributed by atoms with E-state index in [1.54, 1.807) is 18.4 Å². The third-order valence-electron chi connectivity index (χ3n) is 2.25. The summed E-state index contributed by atoms with van der Waals surface area (Å²) in [5, 5.41) is 4.69. The molecule has 2 heterocycles. The maximum atomic E-state index is 11.8. The normalized spacial score (nSPS) is 10.3. The molecule has 0 saturated heterocycles. The smallest absolute Gasteiger partial charge is 0.304 e. The largest absolute Gasteiger partial charge is 0.346 e. The first-order valence-electron chi connectivity index (χ1n) is 5.13. The van der Waals surface area contributed by atoms with Gasteiger partial charge in [0.05, 0.1) is 17.1 Å². The Labute approximate surface area is 112 Å². The van der Waals surface area contributed by atoms with Crippen molar-refractivity contribution in [2.75, 3.05) is 0 Å². The summed E-state index contributed by atoms with van der Waals surface area (Å²) in [5.74, 6) is -0.320. The topological polar surface area (TPSA) is 74.8 Å². The number of hydrogen-bond donors (Lipinski definition) is 2. The molecule has 0 atom stereocenters. The van der Waals surface area contributed by atoms with E-state index in [-0.39, 0.29) is 17.3 Å². The summed E-state index contributed by atoms with van der Waals surface area (Å²) in [5.41, 5.74) is 1.73. The molecule has 18 heavy (non-hydrogen) atoms. The molecule has 7 heteroatoms. The Kier molecular flexibility index (Phi) is 3.78. The number of amides is 1. The number of thiazole rings is 1. The second kappa shape index (κ2) is 5.32. The molecule has 0 saturated carbocycles. The van der Waals surface area contributed by atoms with Crippen molar-refractivity contribution in [1.29, 1.82) is 0 Å². The molecule has 94 valence electrons. The van der Waals surface area contributed by atoms with Gasteiger partial charge in [-0.25, -0.2) is 0 Å². The van der Waals surface area contributed by atoms with Crippen LogP contribution in [-0.2, 0) is 6.54 Å². The molecule has 0 aliphatic rings. The average Bonchev–Trinajstić information content (AvgIpc) is 2.72. The van der Waals surface area contributed by atoms with Gasteiger partial charge in [-0.3, -0.25) is 14.6 Å². The molecule has 2 rings (SSSR count).